The first kappa shape index (κ1) is 12.0. The van der Waals surface area contributed by atoms with Crippen LogP contribution in [0.25, 0.3) is 0 Å². The van der Waals surface area contributed by atoms with E-state index in [1.54, 1.807) is 11.3 Å². The summed E-state index contributed by atoms with van der Waals surface area (Å²) >= 11 is 7.34. The lowest BCUT2D eigenvalue weighted by molar-refractivity contribution is 0.122. The van der Waals surface area contributed by atoms with Crippen molar-refractivity contribution >= 4 is 40.5 Å². The largest absolute Gasteiger partial charge is 0.378 e. The monoisotopic (exact) mass is 254 g/mol. The van der Waals surface area contributed by atoms with Crippen LogP contribution in [0.15, 0.2) is 5.38 Å². The fourth-order valence-electron chi connectivity index (χ4n) is 1.26. The second-order valence-corrected chi connectivity index (χ2v) is 3.96. The molecule has 0 spiro atoms. The number of hydrogen-bond donors (Lipinski definition) is 0. The lowest BCUT2D eigenvalue weighted by Gasteiger charge is -2.25. The van der Waals surface area contributed by atoms with Gasteiger partial charge in [-0.15, -0.1) is 35.3 Å². The molecule has 1 fully saturated rings. The Hall–Kier alpha value is -0.0300. The molecule has 0 atom stereocenters. The molecule has 1 aliphatic heterocycles. The van der Waals surface area contributed by atoms with E-state index in [1.165, 1.54) is 0 Å². The number of thiazole rings is 1. The highest BCUT2D eigenvalue weighted by Gasteiger charge is 2.13. The number of nitrogens with zero attached hydrogens (tertiary/aromatic N) is 2. The molecule has 14 heavy (non-hydrogen) atoms. The maximum absolute atomic E-state index is 5.68. The molecule has 0 radical (unpaired) electrons. The van der Waals surface area contributed by atoms with Gasteiger partial charge in [0.05, 0.1) is 24.8 Å². The molecule has 1 aromatic rings. The van der Waals surface area contributed by atoms with Crippen LogP contribution in [-0.2, 0) is 10.6 Å². The quantitative estimate of drug-likeness (QED) is 0.757. The summed E-state index contributed by atoms with van der Waals surface area (Å²) < 4.78 is 5.26. The Morgan fingerprint density at radius 2 is 2.21 bits per heavy atom. The minimum atomic E-state index is 0. The first-order valence-electron chi connectivity index (χ1n) is 4.23. The van der Waals surface area contributed by atoms with E-state index in [4.69, 9.17) is 16.3 Å². The Morgan fingerprint density at radius 3 is 2.79 bits per heavy atom. The van der Waals surface area contributed by atoms with Crippen molar-refractivity contribution in [3.63, 3.8) is 0 Å². The number of aromatic nitrogens is 1. The van der Waals surface area contributed by atoms with Crippen molar-refractivity contribution in [3.05, 3.63) is 11.1 Å². The van der Waals surface area contributed by atoms with Gasteiger partial charge in [-0.25, -0.2) is 4.98 Å². The van der Waals surface area contributed by atoms with Crippen LogP contribution >= 0.6 is 35.3 Å². The zero-order valence-electron chi connectivity index (χ0n) is 7.61. The highest BCUT2D eigenvalue weighted by molar-refractivity contribution is 7.13. The molecular formula is C8H12Cl2N2OS. The summed E-state index contributed by atoms with van der Waals surface area (Å²) in [4.78, 5) is 6.65. The smallest absolute Gasteiger partial charge is 0.185 e. The Bertz CT molecular complexity index is 276. The second-order valence-electron chi connectivity index (χ2n) is 2.85. The van der Waals surface area contributed by atoms with Crippen LogP contribution in [0.4, 0.5) is 5.13 Å². The normalized spacial score (nSPS) is 16.5. The second kappa shape index (κ2) is 5.75. The predicted octanol–water partition coefficient (Wildman–Crippen LogP) is 2.14. The van der Waals surface area contributed by atoms with Crippen molar-refractivity contribution in [2.75, 3.05) is 31.2 Å². The summed E-state index contributed by atoms with van der Waals surface area (Å²) in [6, 6.07) is 0. The third-order valence-corrected chi connectivity index (χ3v) is 3.18. The molecule has 2 heterocycles. The van der Waals surface area contributed by atoms with E-state index in [9.17, 15) is 0 Å². The summed E-state index contributed by atoms with van der Waals surface area (Å²) in [6.45, 7) is 3.48. The predicted molar refractivity (Wildman–Crippen MR) is 62.0 cm³/mol. The van der Waals surface area contributed by atoms with Gasteiger partial charge < -0.3 is 9.64 Å². The van der Waals surface area contributed by atoms with Gasteiger partial charge in [0.25, 0.3) is 0 Å². The van der Waals surface area contributed by atoms with E-state index in [0.717, 1.165) is 37.1 Å². The zero-order valence-corrected chi connectivity index (χ0v) is 10.00. The summed E-state index contributed by atoms with van der Waals surface area (Å²) in [6.07, 6.45) is 0. The molecule has 0 saturated carbocycles. The van der Waals surface area contributed by atoms with Gasteiger partial charge in [0.15, 0.2) is 5.13 Å². The lowest BCUT2D eigenvalue weighted by Crippen LogP contribution is -2.36. The van der Waals surface area contributed by atoms with Gasteiger partial charge in [-0.1, -0.05) is 0 Å². The van der Waals surface area contributed by atoms with E-state index in [0.29, 0.717) is 5.88 Å². The third-order valence-electron chi connectivity index (χ3n) is 1.96. The first-order chi connectivity index (χ1) is 6.40. The van der Waals surface area contributed by atoms with Crippen LogP contribution in [0.2, 0.25) is 0 Å². The summed E-state index contributed by atoms with van der Waals surface area (Å²) in [7, 11) is 0. The molecule has 0 N–H and O–H groups in total. The minimum Gasteiger partial charge on any atom is -0.378 e. The highest BCUT2D eigenvalue weighted by atomic mass is 35.5. The maximum atomic E-state index is 5.68. The molecule has 0 aliphatic carbocycles. The number of ether oxygens (including phenoxy) is 1. The van der Waals surface area contributed by atoms with E-state index in [1.807, 2.05) is 5.38 Å². The van der Waals surface area contributed by atoms with E-state index < -0.39 is 0 Å². The van der Waals surface area contributed by atoms with E-state index in [-0.39, 0.29) is 12.4 Å². The standard InChI is InChI=1S/C8H11ClN2OS.ClH/c9-5-7-6-13-8(10-7)11-1-3-12-4-2-11;/h6H,1-5H2;1H. The molecule has 1 aliphatic rings. The average molecular weight is 255 g/mol. The van der Waals surface area contributed by atoms with Gasteiger partial charge in [-0.05, 0) is 0 Å². The first-order valence-corrected chi connectivity index (χ1v) is 5.64. The fraction of sp³-hybridized carbons (Fsp3) is 0.625. The van der Waals surface area contributed by atoms with Gasteiger partial charge in [0, 0.05) is 18.5 Å². The molecule has 6 heteroatoms. The van der Waals surface area contributed by atoms with Gasteiger partial charge >= 0.3 is 0 Å². The van der Waals surface area contributed by atoms with Crippen molar-refractivity contribution < 1.29 is 4.74 Å². The number of halogens is 2. The van der Waals surface area contributed by atoms with E-state index >= 15 is 0 Å². The molecule has 0 unspecified atom stereocenters. The topological polar surface area (TPSA) is 25.4 Å². The van der Waals surface area contributed by atoms with Gasteiger partial charge in [-0.2, -0.15) is 0 Å². The molecule has 3 nitrogen and oxygen atoms in total. The van der Waals surface area contributed by atoms with Crippen molar-refractivity contribution in [2.24, 2.45) is 0 Å². The molecule has 0 aromatic carbocycles. The van der Waals surface area contributed by atoms with Crippen LogP contribution in [0.1, 0.15) is 5.69 Å². The minimum absolute atomic E-state index is 0. The van der Waals surface area contributed by atoms with Crippen molar-refractivity contribution in [2.45, 2.75) is 5.88 Å². The Morgan fingerprint density at radius 1 is 1.50 bits per heavy atom. The van der Waals surface area contributed by atoms with Crippen molar-refractivity contribution in [1.82, 2.24) is 4.98 Å². The third kappa shape index (κ3) is 2.73. The summed E-state index contributed by atoms with van der Waals surface area (Å²) in [5, 5.41) is 3.08. The van der Waals surface area contributed by atoms with Gasteiger partial charge in [0.2, 0.25) is 0 Å². The molecule has 0 amide bonds. The average Bonchev–Trinajstić information content (AvgIpc) is 2.67. The number of morpholine rings is 1. The molecule has 2 rings (SSSR count). The maximum Gasteiger partial charge on any atom is 0.185 e. The zero-order chi connectivity index (χ0) is 9.10. The molecule has 1 aromatic heterocycles. The van der Waals surface area contributed by atoms with Crippen molar-refractivity contribution in [1.29, 1.82) is 0 Å². The summed E-state index contributed by atoms with van der Waals surface area (Å²) in [5.74, 6) is 0.501. The van der Waals surface area contributed by atoms with Crippen LogP contribution in [-0.4, -0.2) is 31.3 Å². The lowest BCUT2D eigenvalue weighted by atomic mass is 10.5. The fourth-order valence-corrected chi connectivity index (χ4v) is 2.37. The van der Waals surface area contributed by atoms with Crippen molar-refractivity contribution in [3.8, 4) is 0 Å². The van der Waals surface area contributed by atoms with Crippen LogP contribution < -0.4 is 4.90 Å². The molecule has 80 valence electrons. The summed E-state index contributed by atoms with van der Waals surface area (Å²) in [5.41, 5.74) is 0.966. The number of hydrogen-bond acceptors (Lipinski definition) is 4. The Balaban J connectivity index is 0.000000980. The molecule has 0 bridgehead atoms. The van der Waals surface area contributed by atoms with Crippen LogP contribution in [0.3, 0.4) is 0 Å². The SMILES string of the molecule is Cl.ClCc1csc(N2CCOCC2)n1. The van der Waals surface area contributed by atoms with Crippen LogP contribution in [0, 0.1) is 0 Å². The highest BCUT2D eigenvalue weighted by Crippen LogP contribution is 2.21. The molecule has 1 saturated heterocycles. The van der Waals surface area contributed by atoms with E-state index in [2.05, 4.69) is 9.88 Å². The number of rotatable bonds is 2. The number of anilines is 1. The Labute approximate surface area is 98.4 Å². The Kier molecular flexibility index (Phi) is 4.95. The van der Waals surface area contributed by atoms with Crippen LogP contribution in [0.5, 0.6) is 0 Å². The van der Waals surface area contributed by atoms with Gasteiger partial charge in [-0.3, -0.25) is 0 Å². The molecular weight excluding hydrogens is 243 g/mol. The number of alkyl halides is 1. The van der Waals surface area contributed by atoms with Gasteiger partial charge in [0.1, 0.15) is 0 Å².